The lowest BCUT2D eigenvalue weighted by atomic mass is 9.99. The molecule has 0 bridgehead atoms. The molecule has 0 spiro atoms. The summed E-state index contributed by atoms with van der Waals surface area (Å²) < 4.78 is 2.14. The zero-order valence-electron chi connectivity index (χ0n) is 14.9. The maximum Gasteiger partial charge on any atom is 0.232 e. The zero-order chi connectivity index (χ0) is 19.0. The summed E-state index contributed by atoms with van der Waals surface area (Å²) in [5, 5.41) is 0.937. The van der Waals surface area contributed by atoms with Gasteiger partial charge in [-0.3, -0.25) is 9.59 Å². The number of rotatable bonds is 3. The van der Waals surface area contributed by atoms with E-state index in [9.17, 15) is 9.59 Å². The molecule has 1 aromatic heterocycles. The number of hydrogen-bond donors (Lipinski definition) is 0. The largest absolute Gasteiger partial charge is 0.348 e. The standard InChI is InChI=1S/C20H21Cl2N3O2/c21-15-6-5-14(12-16(15)22)20-17-4-3-9-23(17)10-11-25(20)19(27)13-18(26)24-7-1-2-8-24/h3-6,9,12,20H,1-2,7-8,10-11,13H2/t20-/m0/s1. The second-order valence-corrected chi connectivity index (χ2v) is 7.87. The fraction of sp³-hybridized carbons (Fsp3) is 0.400. The van der Waals surface area contributed by atoms with Crippen molar-refractivity contribution < 1.29 is 9.59 Å². The first-order valence-corrected chi connectivity index (χ1v) is 9.97. The second-order valence-electron chi connectivity index (χ2n) is 7.05. The van der Waals surface area contributed by atoms with Crippen LogP contribution in [0, 0.1) is 0 Å². The van der Waals surface area contributed by atoms with Gasteiger partial charge in [0.25, 0.3) is 0 Å². The smallest absolute Gasteiger partial charge is 0.232 e. The number of carbonyl (C=O) groups excluding carboxylic acids is 2. The van der Waals surface area contributed by atoms with Crippen molar-refractivity contribution in [3.8, 4) is 0 Å². The average molecular weight is 406 g/mol. The Balaban J connectivity index is 1.63. The van der Waals surface area contributed by atoms with Crippen molar-refractivity contribution in [3.63, 3.8) is 0 Å². The summed E-state index contributed by atoms with van der Waals surface area (Å²) >= 11 is 12.3. The van der Waals surface area contributed by atoms with Crippen LogP contribution in [0.15, 0.2) is 36.5 Å². The zero-order valence-corrected chi connectivity index (χ0v) is 16.4. The Morgan fingerprint density at radius 1 is 0.963 bits per heavy atom. The van der Waals surface area contributed by atoms with Crippen molar-refractivity contribution in [1.82, 2.24) is 14.4 Å². The molecular weight excluding hydrogens is 385 g/mol. The molecule has 2 aliphatic rings. The summed E-state index contributed by atoms with van der Waals surface area (Å²) in [5.41, 5.74) is 1.91. The van der Waals surface area contributed by atoms with Crippen LogP contribution in [0.3, 0.4) is 0 Å². The highest BCUT2D eigenvalue weighted by Gasteiger charge is 2.34. The van der Waals surface area contributed by atoms with Crippen LogP contribution < -0.4 is 0 Å². The van der Waals surface area contributed by atoms with Gasteiger partial charge in [-0.2, -0.15) is 0 Å². The highest BCUT2D eigenvalue weighted by molar-refractivity contribution is 6.42. The molecule has 1 saturated heterocycles. The Hall–Kier alpha value is -1.98. The van der Waals surface area contributed by atoms with Crippen LogP contribution in [0.5, 0.6) is 0 Å². The van der Waals surface area contributed by atoms with Crippen LogP contribution in [-0.4, -0.2) is 45.8 Å². The number of benzene rings is 1. The van der Waals surface area contributed by atoms with Crippen molar-refractivity contribution in [1.29, 1.82) is 0 Å². The summed E-state index contributed by atoms with van der Waals surface area (Å²) in [5.74, 6) is -0.221. The SMILES string of the molecule is O=C(CC(=O)N1CCn2cccc2[C@@H]1c1ccc(Cl)c(Cl)c1)N1CCCC1. The highest BCUT2D eigenvalue weighted by Crippen LogP contribution is 2.35. The first-order chi connectivity index (χ1) is 13.0. The summed E-state index contributed by atoms with van der Waals surface area (Å²) in [6, 6.07) is 9.16. The molecule has 2 aliphatic heterocycles. The molecule has 0 aliphatic carbocycles. The lowest BCUT2D eigenvalue weighted by Gasteiger charge is -2.37. The van der Waals surface area contributed by atoms with Gasteiger partial charge in [-0.05, 0) is 42.7 Å². The average Bonchev–Trinajstić information content (AvgIpc) is 3.34. The molecule has 5 nitrogen and oxygen atoms in total. The van der Waals surface area contributed by atoms with Crippen molar-refractivity contribution in [2.45, 2.75) is 31.8 Å². The molecule has 3 heterocycles. The quantitative estimate of drug-likeness (QED) is 0.730. The maximum atomic E-state index is 13.0. The van der Waals surface area contributed by atoms with Crippen LogP contribution in [0.2, 0.25) is 10.0 Å². The first-order valence-electron chi connectivity index (χ1n) is 9.22. The van der Waals surface area contributed by atoms with E-state index in [1.165, 1.54) is 0 Å². The molecule has 0 radical (unpaired) electrons. The summed E-state index contributed by atoms with van der Waals surface area (Å²) in [7, 11) is 0. The monoisotopic (exact) mass is 405 g/mol. The number of fused-ring (bicyclic) bond motifs is 1. The van der Waals surface area contributed by atoms with Crippen LogP contribution in [0.25, 0.3) is 0 Å². The predicted molar refractivity (Wildman–Crippen MR) is 105 cm³/mol. The molecule has 1 aromatic carbocycles. The Kier molecular flexibility index (Phi) is 5.15. The Bertz CT molecular complexity index is 874. The van der Waals surface area contributed by atoms with E-state index in [0.29, 0.717) is 23.1 Å². The molecule has 0 N–H and O–H groups in total. The number of aromatic nitrogens is 1. The molecule has 0 saturated carbocycles. The first kappa shape index (κ1) is 18.4. The third-order valence-corrected chi connectivity index (χ3v) is 6.12. The van der Waals surface area contributed by atoms with E-state index in [1.54, 1.807) is 21.9 Å². The molecular formula is C20H21Cl2N3O2. The Morgan fingerprint density at radius 2 is 1.74 bits per heavy atom. The van der Waals surface area contributed by atoms with Gasteiger partial charge in [-0.1, -0.05) is 29.3 Å². The molecule has 1 atom stereocenters. The van der Waals surface area contributed by atoms with Crippen molar-refractivity contribution in [2.75, 3.05) is 19.6 Å². The van der Waals surface area contributed by atoms with Crippen molar-refractivity contribution >= 4 is 35.0 Å². The van der Waals surface area contributed by atoms with E-state index in [4.69, 9.17) is 23.2 Å². The summed E-state index contributed by atoms with van der Waals surface area (Å²) in [4.78, 5) is 29.1. The Labute approximate surface area is 168 Å². The van der Waals surface area contributed by atoms with Gasteiger partial charge in [-0.25, -0.2) is 0 Å². The third-order valence-electron chi connectivity index (χ3n) is 5.38. The number of halogens is 2. The molecule has 7 heteroatoms. The molecule has 2 amide bonds. The van der Waals surface area contributed by atoms with Gasteiger partial charge >= 0.3 is 0 Å². The maximum absolute atomic E-state index is 13.0. The van der Waals surface area contributed by atoms with E-state index in [-0.39, 0.29) is 24.3 Å². The van der Waals surface area contributed by atoms with E-state index in [2.05, 4.69) is 4.57 Å². The van der Waals surface area contributed by atoms with Crippen LogP contribution in [-0.2, 0) is 16.1 Å². The molecule has 27 heavy (non-hydrogen) atoms. The van der Waals surface area contributed by atoms with Gasteiger partial charge in [-0.15, -0.1) is 0 Å². The predicted octanol–water partition coefficient (Wildman–Crippen LogP) is 3.74. The van der Waals surface area contributed by atoms with Gasteiger partial charge in [0, 0.05) is 38.1 Å². The van der Waals surface area contributed by atoms with E-state index >= 15 is 0 Å². The molecule has 4 rings (SSSR count). The number of hydrogen-bond acceptors (Lipinski definition) is 2. The number of carbonyl (C=O) groups is 2. The molecule has 0 unspecified atom stereocenters. The lowest BCUT2D eigenvalue weighted by Crippen LogP contribution is -2.44. The molecule has 142 valence electrons. The highest BCUT2D eigenvalue weighted by atomic mass is 35.5. The normalized spacial score (nSPS) is 19.3. The van der Waals surface area contributed by atoms with Gasteiger partial charge in [0.05, 0.1) is 16.1 Å². The van der Waals surface area contributed by atoms with E-state index < -0.39 is 0 Å². The summed E-state index contributed by atoms with van der Waals surface area (Å²) in [6.07, 6.45) is 3.96. The van der Waals surface area contributed by atoms with Crippen molar-refractivity contribution in [3.05, 3.63) is 57.8 Å². The minimum Gasteiger partial charge on any atom is -0.348 e. The van der Waals surface area contributed by atoms with E-state index in [0.717, 1.165) is 37.2 Å². The number of nitrogens with zero attached hydrogens (tertiary/aromatic N) is 3. The Morgan fingerprint density at radius 3 is 2.48 bits per heavy atom. The van der Waals surface area contributed by atoms with Crippen LogP contribution >= 0.6 is 23.2 Å². The lowest BCUT2D eigenvalue weighted by molar-refractivity contribution is -0.141. The number of likely N-dealkylation sites (tertiary alicyclic amines) is 1. The van der Waals surface area contributed by atoms with Gasteiger partial charge in [0.15, 0.2) is 0 Å². The van der Waals surface area contributed by atoms with E-state index in [1.807, 2.05) is 24.4 Å². The topological polar surface area (TPSA) is 45.6 Å². The third kappa shape index (κ3) is 3.58. The molecule has 2 aromatic rings. The van der Waals surface area contributed by atoms with Gasteiger partial charge < -0.3 is 14.4 Å². The van der Waals surface area contributed by atoms with Crippen LogP contribution in [0.4, 0.5) is 0 Å². The number of amides is 2. The van der Waals surface area contributed by atoms with Crippen molar-refractivity contribution in [2.24, 2.45) is 0 Å². The van der Waals surface area contributed by atoms with Gasteiger partial charge in [0.2, 0.25) is 11.8 Å². The minimum absolute atomic E-state index is 0.0775. The second kappa shape index (κ2) is 7.56. The molecule has 1 fully saturated rings. The fourth-order valence-electron chi connectivity index (χ4n) is 3.99. The van der Waals surface area contributed by atoms with Gasteiger partial charge in [0.1, 0.15) is 6.42 Å². The van der Waals surface area contributed by atoms with Crippen LogP contribution in [0.1, 0.15) is 36.6 Å². The minimum atomic E-state index is -0.276. The summed E-state index contributed by atoms with van der Waals surface area (Å²) in [6.45, 7) is 2.78. The fourth-order valence-corrected chi connectivity index (χ4v) is 4.30.